The Balaban J connectivity index is 0.00000196. The maximum atomic E-state index is 10.4. The number of phenolic OH excluding ortho intramolecular Hbond substituents is 1. The van der Waals surface area contributed by atoms with Gasteiger partial charge >= 0.3 is 68.9 Å². The molecule has 5 heteroatoms. The molecule has 0 radical (unpaired) electrons. The van der Waals surface area contributed by atoms with Gasteiger partial charge in [-0.25, -0.2) is 0 Å². The summed E-state index contributed by atoms with van der Waals surface area (Å²) in [5.41, 5.74) is 0.615. The molecule has 0 heterocycles. The molecule has 0 aliphatic carbocycles. The van der Waals surface area contributed by atoms with Crippen LogP contribution in [0.15, 0.2) is 30.0 Å². The number of rotatable bonds is 3. The molecule has 1 aromatic carbocycles. The second-order valence-corrected chi connectivity index (χ2v) is 2.59. The Morgan fingerprint density at radius 1 is 1.40 bits per heavy atom. The van der Waals surface area contributed by atoms with Crippen LogP contribution in [0.2, 0.25) is 0 Å². The van der Waals surface area contributed by atoms with Crippen molar-refractivity contribution in [1.29, 1.82) is 0 Å². The Kier molecular flexibility index (Phi) is 7.41. The first-order valence-electron chi connectivity index (χ1n) is 3.89. The summed E-state index contributed by atoms with van der Waals surface area (Å²) in [6, 6.07) is 6.04. The first kappa shape index (κ1) is 15.1. The minimum absolute atomic E-state index is 0. The molecule has 1 aromatic rings. The Hall–Kier alpha value is 0.0819. The van der Waals surface area contributed by atoms with Crippen molar-refractivity contribution in [3.63, 3.8) is 0 Å². The summed E-state index contributed by atoms with van der Waals surface area (Å²) in [5.74, 6) is -1.51. The number of methoxy groups -OCH3 is 1. The van der Waals surface area contributed by atoms with Gasteiger partial charge in [-0.15, -0.1) is 0 Å². The van der Waals surface area contributed by atoms with Crippen molar-refractivity contribution < 1.29 is 88.6 Å². The molecule has 0 bridgehead atoms. The minimum atomic E-state index is -1.37. The molecular formula is C10H9CsO4. The van der Waals surface area contributed by atoms with E-state index in [0.29, 0.717) is 5.56 Å². The fourth-order valence-corrected chi connectivity index (χ4v) is 0.923. The van der Waals surface area contributed by atoms with Gasteiger partial charge in [0.2, 0.25) is 0 Å². The molecule has 0 aliphatic rings. The number of carboxylic acid groups (broad SMARTS) is 1. The van der Waals surface area contributed by atoms with Crippen molar-refractivity contribution in [3.05, 3.63) is 35.6 Å². The molecule has 4 nitrogen and oxygen atoms in total. The van der Waals surface area contributed by atoms with E-state index in [-0.39, 0.29) is 80.4 Å². The van der Waals surface area contributed by atoms with E-state index >= 15 is 0 Å². The second kappa shape index (κ2) is 7.37. The molecule has 0 spiro atoms. The number of phenols is 1. The molecule has 0 fully saturated rings. The Morgan fingerprint density at radius 3 is 2.33 bits per heavy atom. The largest absolute Gasteiger partial charge is 1.00 e. The van der Waals surface area contributed by atoms with Gasteiger partial charge in [-0.1, -0.05) is 12.1 Å². The average Bonchev–Trinajstić information content (AvgIpc) is 2.16. The zero-order valence-corrected chi connectivity index (χ0v) is 14.8. The fraction of sp³-hybridized carbons (Fsp3) is 0.100. The summed E-state index contributed by atoms with van der Waals surface area (Å²) in [7, 11) is 1.25. The number of aromatic hydroxyl groups is 1. The summed E-state index contributed by atoms with van der Waals surface area (Å²) in [4.78, 5) is 10.4. The number of carboxylic acids is 1. The van der Waals surface area contributed by atoms with E-state index in [9.17, 15) is 9.90 Å². The number of hydrogen-bond donors (Lipinski definition) is 1. The molecule has 0 saturated carbocycles. The first-order chi connectivity index (χ1) is 6.63. The number of hydrogen-bond acceptors (Lipinski definition) is 4. The summed E-state index contributed by atoms with van der Waals surface area (Å²) in [6.07, 6.45) is 1.31. The zero-order valence-electron chi connectivity index (χ0n) is 8.56. The number of ether oxygens (including phenoxy) is 1. The van der Waals surface area contributed by atoms with Crippen LogP contribution in [0.1, 0.15) is 5.56 Å². The van der Waals surface area contributed by atoms with Crippen LogP contribution in [-0.2, 0) is 9.53 Å². The van der Waals surface area contributed by atoms with Gasteiger partial charge in [0.05, 0.1) is 7.11 Å². The predicted molar refractivity (Wildman–Crippen MR) is 48.1 cm³/mol. The van der Waals surface area contributed by atoms with Crippen LogP contribution in [0, 0.1) is 0 Å². The number of carbonyl (C=O) groups is 1. The van der Waals surface area contributed by atoms with Gasteiger partial charge in [-0.05, 0) is 23.8 Å². The predicted octanol–water partition coefficient (Wildman–Crippen LogP) is -2.87. The molecule has 0 unspecified atom stereocenters. The SMILES string of the molecule is COC(=Cc1ccc(O)cc1)C(=O)[O-].[Cs+]. The van der Waals surface area contributed by atoms with E-state index in [0.717, 1.165) is 0 Å². The van der Waals surface area contributed by atoms with Gasteiger partial charge in [0.25, 0.3) is 0 Å². The zero-order chi connectivity index (χ0) is 10.6. The maximum Gasteiger partial charge on any atom is 1.00 e. The summed E-state index contributed by atoms with van der Waals surface area (Å²) >= 11 is 0. The fourth-order valence-electron chi connectivity index (χ4n) is 0.923. The van der Waals surface area contributed by atoms with E-state index in [1.807, 2.05) is 0 Å². The standard InChI is InChI=1S/C10H10O4.Cs/c1-14-9(10(12)13)6-7-2-4-8(11)5-3-7;/h2-6,11H,1H3,(H,12,13);/q;+1/p-1. The van der Waals surface area contributed by atoms with Crippen molar-refractivity contribution >= 4 is 12.0 Å². The van der Waals surface area contributed by atoms with Crippen LogP contribution in [0.5, 0.6) is 5.75 Å². The maximum absolute atomic E-state index is 10.4. The van der Waals surface area contributed by atoms with E-state index in [1.165, 1.54) is 25.3 Å². The Labute approximate surface area is 146 Å². The molecule has 0 atom stereocenters. The molecule has 0 aliphatic heterocycles. The normalized spacial score (nSPS) is 10.3. The quantitative estimate of drug-likeness (QED) is 0.479. The number of carbonyl (C=O) groups excluding carboxylic acids is 1. The van der Waals surface area contributed by atoms with E-state index in [4.69, 9.17) is 5.11 Å². The van der Waals surface area contributed by atoms with Crippen molar-refractivity contribution in [3.8, 4) is 5.75 Å². The smallest absolute Gasteiger partial charge is 0.542 e. The summed E-state index contributed by atoms with van der Waals surface area (Å²) in [6.45, 7) is 0. The van der Waals surface area contributed by atoms with Crippen LogP contribution in [0.25, 0.3) is 6.08 Å². The molecule has 0 amide bonds. The molecule has 0 saturated heterocycles. The Bertz CT molecular complexity index is 356. The van der Waals surface area contributed by atoms with Crippen LogP contribution >= 0.6 is 0 Å². The third kappa shape index (κ3) is 5.10. The van der Waals surface area contributed by atoms with Gasteiger partial charge in [0.1, 0.15) is 17.5 Å². The van der Waals surface area contributed by atoms with Crippen molar-refractivity contribution in [2.24, 2.45) is 0 Å². The third-order valence-electron chi connectivity index (χ3n) is 1.61. The molecule has 1 rings (SSSR count). The van der Waals surface area contributed by atoms with Crippen molar-refractivity contribution in [2.75, 3.05) is 7.11 Å². The van der Waals surface area contributed by atoms with E-state index < -0.39 is 5.97 Å². The van der Waals surface area contributed by atoms with Gasteiger partial charge in [0, 0.05) is 0 Å². The van der Waals surface area contributed by atoms with Gasteiger partial charge in [0.15, 0.2) is 0 Å². The average molecular weight is 326 g/mol. The molecule has 74 valence electrons. The first-order valence-corrected chi connectivity index (χ1v) is 3.89. The third-order valence-corrected chi connectivity index (χ3v) is 1.61. The number of aliphatic carboxylic acids is 1. The van der Waals surface area contributed by atoms with Crippen LogP contribution in [0.4, 0.5) is 0 Å². The Morgan fingerprint density at radius 2 is 1.93 bits per heavy atom. The summed E-state index contributed by atoms with van der Waals surface area (Å²) < 4.78 is 4.58. The van der Waals surface area contributed by atoms with Gasteiger partial charge < -0.3 is 19.7 Å². The van der Waals surface area contributed by atoms with Crippen LogP contribution < -0.4 is 74.0 Å². The van der Waals surface area contributed by atoms with Crippen molar-refractivity contribution in [2.45, 2.75) is 0 Å². The molecule has 1 N–H and O–H groups in total. The molecule has 0 aromatic heterocycles. The van der Waals surface area contributed by atoms with Crippen molar-refractivity contribution in [1.82, 2.24) is 0 Å². The van der Waals surface area contributed by atoms with Crippen LogP contribution in [-0.4, -0.2) is 18.2 Å². The van der Waals surface area contributed by atoms with Gasteiger partial charge in [-0.3, -0.25) is 0 Å². The second-order valence-electron chi connectivity index (χ2n) is 2.59. The molecule has 15 heavy (non-hydrogen) atoms. The molecular weight excluding hydrogens is 317 g/mol. The minimum Gasteiger partial charge on any atom is -0.542 e. The topological polar surface area (TPSA) is 69.6 Å². The van der Waals surface area contributed by atoms with E-state index in [2.05, 4.69) is 4.74 Å². The monoisotopic (exact) mass is 326 g/mol. The van der Waals surface area contributed by atoms with Gasteiger partial charge in [-0.2, -0.15) is 0 Å². The number of benzene rings is 1. The summed E-state index contributed by atoms with van der Waals surface area (Å²) in [5, 5.41) is 19.4. The van der Waals surface area contributed by atoms with Crippen LogP contribution in [0.3, 0.4) is 0 Å². The van der Waals surface area contributed by atoms with E-state index in [1.54, 1.807) is 12.1 Å².